The molecule has 1 atom stereocenters. The third-order valence-corrected chi connectivity index (χ3v) is 9.64. The van der Waals surface area contributed by atoms with Crippen LogP contribution >= 0.6 is 11.3 Å². The van der Waals surface area contributed by atoms with Crippen LogP contribution in [0.3, 0.4) is 0 Å². The second kappa shape index (κ2) is 7.90. The number of hydrogen-bond donors (Lipinski definition) is 0. The van der Waals surface area contributed by atoms with Gasteiger partial charge in [0.05, 0.1) is 18.1 Å². The number of halogens is 1. The number of carbonyl (C=O) groups is 1. The number of methoxy groups -OCH3 is 1. The number of rotatable bonds is 4. The van der Waals surface area contributed by atoms with Gasteiger partial charge in [-0.2, -0.15) is 4.31 Å². The van der Waals surface area contributed by atoms with Crippen molar-refractivity contribution in [3.05, 3.63) is 52.0 Å². The Kier molecular flexibility index (Phi) is 5.89. The first-order valence-corrected chi connectivity index (χ1v) is 12.3. The maximum atomic E-state index is 14.1. The van der Waals surface area contributed by atoms with Crippen LogP contribution in [0, 0.1) is 5.82 Å². The van der Waals surface area contributed by atoms with Crippen LogP contribution in [0.25, 0.3) is 0 Å². The summed E-state index contributed by atoms with van der Waals surface area (Å²) in [4.78, 5) is 11.6. The minimum absolute atomic E-state index is 0.0348. The second-order valence-corrected chi connectivity index (χ2v) is 11.3. The van der Waals surface area contributed by atoms with E-state index >= 15 is 0 Å². The second-order valence-electron chi connectivity index (χ2n) is 6.18. The lowest BCUT2D eigenvalue weighted by molar-refractivity contribution is 0.0602. The van der Waals surface area contributed by atoms with Crippen LogP contribution in [0.4, 0.5) is 4.39 Å². The molecule has 0 amide bonds. The van der Waals surface area contributed by atoms with Gasteiger partial charge in [0.25, 0.3) is 0 Å². The predicted molar refractivity (Wildman–Crippen MR) is 102 cm³/mol. The summed E-state index contributed by atoms with van der Waals surface area (Å²) in [5.41, 5.74) is 0.0348. The highest BCUT2D eigenvalue weighted by atomic mass is 32.2. The molecule has 0 radical (unpaired) electrons. The van der Waals surface area contributed by atoms with E-state index in [0.29, 0.717) is 0 Å². The number of thiophene rings is 1. The Morgan fingerprint density at radius 1 is 1.25 bits per heavy atom. The van der Waals surface area contributed by atoms with Crippen molar-refractivity contribution in [2.45, 2.75) is 16.6 Å². The smallest absolute Gasteiger partial charge is 0.349 e. The van der Waals surface area contributed by atoms with Crippen LogP contribution in [-0.4, -0.2) is 53.1 Å². The molecule has 1 aromatic carbocycles. The maximum absolute atomic E-state index is 14.1. The van der Waals surface area contributed by atoms with E-state index in [-0.39, 0.29) is 34.8 Å². The number of hydrogen-bond acceptors (Lipinski definition) is 7. The third-order valence-electron chi connectivity index (χ3n) is 4.57. The molecule has 2 heterocycles. The third kappa shape index (κ3) is 3.84. The molecule has 0 spiro atoms. The number of esters is 1. The molecular formula is C17H18FNO6S3. The van der Waals surface area contributed by atoms with Gasteiger partial charge >= 0.3 is 5.97 Å². The van der Waals surface area contributed by atoms with Crippen molar-refractivity contribution in [3.8, 4) is 0 Å². The van der Waals surface area contributed by atoms with Gasteiger partial charge in [-0.25, -0.2) is 26.0 Å². The quantitative estimate of drug-likeness (QED) is 0.667. The van der Waals surface area contributed by atoms with Crippen LogP contribution in [0.2, 0.25) is 0 Å². The molecule has 1 aliphatic rings. The van der Waals surface area contributed by atoms with Gasteiger partial charge < -0.3 is 4.74 Å². The van der Waals surface area contributed by atoms with E-state index in [1.807, 2.05) is 0 Å². The average molecular weight is 448 g/mol. The van der Waals surface area contributed by atoms with Crippen LogP contribution in [-0.2, 0) is 24.6 Å². The van der Waals surface area contributed by atoms with Crippen molar-refractivity contribution in [2.75, 3.05) is 26.0 Å². The molecule has 0 N–H and O–H groups in total. The molecule has 1 aromatic heterocycles. The fourth-order valence-corrected chi connectivity index (χ4v) is 7.81. The molecule has 1 saturated heterocycles. The van der Waals surface area contributed by atoms with E-state index in [4.69, 9.17) is 0 Å². The van der Waals surface area contributed by atoms with Crippen LogP contribution in [0.5, 0.6) is 0 Å². The lowest BCUT2D eigenvalue weighted by Crippen LogP contribution is -2.34. The number of benzene rings is 1. The van der Waals surface area contributed by atoms with E-state index in [9.17, 15) is 26.0 Å². The van der Waals surface area contributed by atoms with Gasteiger partial charge in [-0.1, -0.05) is 18.2 Å². The van der Waals surface area contributed by atoms with Crippen LogP contribution in [0.1, 0.15) is 26.9 Å². The van der Waals surface area contributed by atoms with Crippen LogP contribution < -0.4 is 0 Å². The molecular weight excluding hydrogens is 429 g/mol. The highest BCUT2D eigenvalue weighted by Crippen LogP contribution is 2.33. The zero-order chi connectivity index (χ0) is 20.5. The number of sulfone groups is 1. The molecule has 7 nitrogen and oxygen atoms in total. The monoisotopic (exact) mass is 447 g/mol. The summed E-state index contributed by atoms with van der Waals surface area (Å²) in [5.74, 6) is -1.86. The number of carbonyl (C=O) groups excluding carboxylic acids is 1. The number of sulfonamides is 1. The van der Waals surface area contributed by atoms with Crippen molar-refractivity contribution in [1.82, 2.24) is 4.31 Å². The standard InChI is InChI=1S/C17H18FNO6S3/c1-25-17(20)16-15(7-10-26-16)28(23,24)19-8-6-14(27(21,22)11-9-19)12-4-2-3-5-13(12)18/h2-5,7,10,14H,6,8-9,11H2,1H3. The van der Waals surface area contributed by atoms with Crippen molar-refractivity contribution in [2.24, 2.45) is 0 Å². The zero-order valence-electron chi connectivity index (χ0n) is 14.9. The van der Waals surface area contributed by atoms with Gasteiger partial charge in [0.15, 0.2) is 9.84 Å². The highest BCUT2D eigenvalue weighted by Gasteiger charge is 2.38. The SMILES string of the molecule is COC(=O)c1sccc1S(=O)(=O)N1CCC(c2ccccc2F)S(=O)(=O)CC1. The Bertz CT molecular complexity index is 1090. The number of ether oxygens (including phenoxy) is 1. The molecule has 152 valence electrons. The number of nitrogens with zero attached hydrogens (tertiary/aromatic N) is 1. The summed E-state index contributed by atoms with van der Waals surface area (Å²) < 4.78 is 71.2. The Morgan fingerprint density at radius 2 is 1.96 bits per heavy atom. The van der Waals surface area contributed by atoms with Crippen molar-refractivity contribution in [3.63, 3.8) is 0 Å². The largest absolute Gasteiger partial charge is 0.465 e. The minimum Gasteiger partial charge on any atom is -0.465 e. The molecule has 11 heteroatoms. The first-order chi connectivity index (χ1) is 13.2. The van der Waals surface area contributed by atoms with Crippen molar-refractivity contribution < 1.29 is 30.8 Å². The molecule has 0 aliphatic carbocycles. The predicted octanol–water partition coefficient (Wildman–Crippen LogP) is 2.22. The first-order valence-electron chi connectivity index (χ1n) is 8.30. The van der Waals surface area contributed by atoms with Gasteiger partial charge in [-0.05, 0) is 23.9 Å². The molecule has 0 saturated carbocycles. The summed E-state index contributed by atoms with van der Waals surface area (Å²) in [6.45, 7) is -0.386. The van der Waals surface area contributed by atoms with Gasteiger partial charge in [-0.3, -0.25) is 0 Å². The molecule has 0 bridgehead atoms. The van der Waals surface area contributed by atoms with E-state index in [0.717, 1.165) is 22.8 Å². The summed E-state index contributed by atoms with van der Waals surface area (Å²) >= 11 is 0.929. The molecule has 1 aliphatic heterocycles. The molecule has 3 rings (SSSR count). The molecule has 1 fully saturated rings. The fourth-order valence-electron chi connectivity index (χ4n) is 3.13. The topological polar surface area (TPSA) is 97.8 Å². The molecule has 2 aromatic rings. The van der Waals surface area contributed by atoms with Gasteiger partial charge in [0.1, 0.15) is 15.6 Å². The first kappa shape index (κ1) is 20.9. The Labute approximate surface area is 166 Å². The van der Waals surface area contributed by atoms with E-state index in [1.54, 1.807) is 6.07 Å². The van der Waals surface area contributed by atoms with Gasteiger partial charge in [-0.15, -0.1) is 11.3 Å². The van der Waals surface area contributed by atoms with Crippen molar-refractivity contribution in [1.29, 1.82) is 0 Å². The molecule has 28 heavy (non-hydrogen) atoms. The lowest BCUT2D eigenvalue weighted by Gasteiger charge is -2.19. The minimum atomic E-state index is -4.11. The summed E-state index contributed by atoms with van der Waals surface area (Å²) in [6.07, 6.45) is -0.0831. The zero-order valence-corrected chi connectivity index (χ0v) is 17.3. The lowest BCUT2D eigenvalue weighted by atomic mass is 10.1. The summed E-state index contributed by atoms with van der Waals surface area (Å²) in [5, 5.41) is 0.326. The van der Waals surface area contributed by atoms with Gasteiger partial charge in [0.2, 0.25) is 10.0 Å². The van der Waals surface area contributed by atoms with Gasteiger partial charge in [0, 0.05) is 18.7 Å². The Hall–Kier alpha value is -1.82. The summed E-state index contributed by atoms with van der Waals surface area (Å²) in [7, 11) is -6.72. The average Bonchev–Trinajstić information content (AvgIpc) is 3.09. The Balaban J connectivity index is 1.94. The summed E-state index contributed by atoms with van der Waals surface area (Å²) in [6, 6.07) is 6.87. The van der Waals surface area contributed by atoms with E-state index < -0.39 is 42.6 Å². The maximum Gasteiger partial charge on any atom is 0.349 e. The normalized spacial score (nSPS) is 20.4. The van der Waals surface area contributed by atoms with Crippen LogP contribution in [0.15, 0.2) is 40.6 Å². The highest BCUT2D eigenvalue weighted by molar-refractivity contribution is 7.92. The molecule has 1 unspecified atom stereocenters. The Morgan fingerprint density at radius 3 is 2.64 bits per heavy atom. The van der Waals surface area contributed by atoms with E-state index in [2.05, 4.69) is 4.74 Å². The van der Waals surface area contributed by atoms with E-state index in [1.165, 1.54) is 29.6 Å². The fraction of sp³-hybridized carbons (Fsp3) is 0.353. The van der Waals surface area contributed by atoms with Crippen molar-refractivity contribution >= 4 is 37.2 Å².